The molecule has 1 unspecified atom stereocenters. The normalized spacial score (nSPS) is 12.7. The van der Waals surface area contributed by atoms with Gasteiger partial charge in [0.25, 0.3) is 0 Å². The molecule has 0 aliphatic rings. The molecule has 2 nitrogen and oxygen atoms in total. The van der Waals surface area contributed by atoms with E-state index in [9.17, 15) is 0 Å². The van der Waals surface area contributed by atoms with E-state index in [1.54, 1.807) is 6.26 Å². The van der Waals surface area contributed by atoms with E-state index >= 15 is 0 Å². The Kier molecular flexibility index (Phi) is 3.87. The van der Waals surface area contributed by atoms with Crippen LogP contribution in [0.15, 0.2) is 34.9 Å². The minimum Gasteiger partial charge on any atom is -0.469 e. The second kappa shape index (κ2) is 5.40. The summed E-state index contributed by atoms with van der Waals surface area (Å²) in [5.74, 6) is 1.07. The van der Waals surface area contributed by atoms with Crippen molar-refractivity contribution in [2.75, 3.05) is 7.05 Å². The van der Waals surface area contributed by atoms with Crippen molar-refractivity contribution < 1.29 is 4.42 Å². The highest BCUT2D eigenvalue weighted by Gasteiger charge is 2.19. The first-order valence-electron chi connectivity index (χ1n) is 6.48. The maximum atomic E-state index is 5.55. The quantitative estimate of drug-likeness (QED) is 0.884. The SMILES string of the molecule is CCc1occc1C(NC)c1cc(C)ccc1C. The van der Waals surface area contributed by atoms with Gasteiger partial charge in [0.2, 0.25) is 0 Å². The molecule has 1 aromatic heterocycles. The van der Waals surface area contributed by atoms with Crippen LogP contribution in [0.4, 0.5) is 0 Å². The first-order chi connectivity index (χ1) is 8.67. The number of rotatable bonds is 4. The third-order valence-electron chi connectivity index (χ3n) is 3.45. The van der Waals surface area contributed by atoms with Crippen LogP contribution < -0.4 is 5.32 Å². The van der Waals surface area contributed by atoms with Gasteiger partial charge in [-0.3, -0.25) is 0 Å². The van der Waals surface area contributed by atoms with Gasteiger partial charge in [-0.1, -0.05) is 30.7 Å². The van der Waals surface area contributed by atoms with E-state index in [2.05, 4.69) is 50.4 Å². The van der Waals surface area contributed by atoms with Crippen molar-refractivity contribution in [3.63, 3.8) is 0 Å². The summed E-state index contributed by atoms with van der Waals surface area (Å²) < 4.78 is 5.55. The summed E-state index contributed by atoms with van der Waals surface area (Å²) in [5, 5.41) is 3.40. The van der Waals surface area contributed by atoms with Gasteiger partial charge in [0.15, 0.2) is 0 Å². The van der Waals surface area contributed by atoms with Gasteiger partial charge in [-0.05, 0) is 38.1 Å². The molecule has 2 heteroatoms. The molecule has 0 fully saturated rings. The maximum Gasteiger partial charge on any atom is 0.108 e. The van der Waals surface area contributed by atoms with Crippen LogP contribution in [0.3, 0.4) is 0 Å². The molecule has 1 atom stereocenters. The van der Waals surface area contributed by atoms with Crippen LogP contribution in [-0.2, 0) is 6.42 Å². The predicted octanol–water partition coefficient (Wildman–Crippen LogP) is 3.77. The molecule has 0 amide bonds. The highest BCUT2D eigenvalue weighted by molar-refractivity contribution is 5.40. The molecule has 96 valence electrons. The molecule has 0 aliphatic heterocycles. The number of nitrogens with one attached hydrogen (secondary N) is 1. The first-order valence-corrected chi connectivity index (χ1v) is 6.48. The van der Waals surface area contributed by atoms with E-state index in [0.29, 0.717) is 0 Å². The van der Waals surface area contributed by atoms with E-state index in [-0.39, 0.29) is 6.04 Å². The van der Waals surface area contributed by atoms with Crippen molar-refractivity contribution in [2.24, 2.45) is 0 Å². The fraction of sp³-hybridized carbons (Fsp3) is 0.375. The van der Waals surface area contributed by atoms with Gasteiger partial charge >= 0.3 is 0 Å². The lowest BCUT2D eigenvalue weighted by Crippen LogP contribution is -2.19. The third-order valence-corrected chi connectivity index (χ3v) is 3.45. The predicted molar refractivity (Wildman–Crippen MR) is 74.9 cm³/mol. The van der Waals surface area contributed by atoms with Crippen molar-refractivity contribution in [3.8, 4) is 0 Å². The molecule has 2 aromatic rings. The standard InChI is InChI=1S/C16H21NO/c1-5-15-13(8-9-18-15)16(17-4)14-10-11(2)6-7-12(14)3/h6-10,16-17H,5H2,1-4H3. The monoisotopic (exact) mass is 243 g/mol. The number of hydrogen-bond donors (Lipinski definition) is 1. The van der Waals surface area contributed by atoms with Gasteiger partial charge in [0.05, 0.1) is 12.3 Å². The summed E-state index contributed by atoms with van der Waals surface area (Å²) in [7, 11) is 2.00. The average molecular weight is 243 g/mol. The van der Waals surface area contributed by atoms with Crippen LogP contribution in [0.25, 0.3) is 0 Å². The van der Waals surface area contributed by atoms with Gasteiger partial charge in [0, 0.05) is 12.0 Å². The fourth-order valence-corrected chi connectivity index (χ4v) is 2.44. The van der Waals surface area contributed by atoms with Gasteiger partial charge in [-0.25, -0.2) is 0 Å². The van der Waals surface area contributed by atoms with Crippen LogP contribution in [0, 0.1) is 13.8 Å². The van der Waals surface area contributed by atoms with Crippen molar-refractivity contribution in [1.82, 2.24) is 5.32 Å². The Bertz CT molecular complexity index is 528. The average Bonchev–Trinajstić information content (AvgIpc) is 2.83. The Hall–Kier alpha value is -1.54. The minimum atomic E-state index is 0.207. The summed E-state index contributed by atoms with van der Waals surface area (Å²) in [6.45, 7) is 6.41. The van der Waals surface area contributed by atoms with E-state index in [1.165, 1.54) is 22.3 Å². The van der Waals surface area contributed by atoms with E-state index in [4.69, 9.17) is 4.42 Å². The van der Waals surface area contributed by atoms with Crippen LogP contribution in [-0.4, -0.2) is 7.05 Å². The minimum absolute atomic E-state index is 0.207. The maximum absolute atomic E-state index is 5.55. The molecule has 0 bridgehead atoms. The smallest absolute Gasteiger partial charge is 0.108 e. The summed E-state index contributed by atoms with van der Waals surface area (Å²) >= 11 is 0. The molecule has 1 aromatic carbocycles. The van der Waals surface area contributed by atoms with E-state index in [0.717, 1.165) is 12.2 Å². The van der Waals surface area contributed by atoms with Crippen LogP contribution in [0.5, 0.6) is 0 Å². The van der Waals surface area contributed by atoms with Gasteiger partial charge in [0.1, 0.15) is 5.76 Å². The molecule has 0 spiro atoms. The van der Waals surface area contributed by atoms with Crippen molar-refractivity contribution in [2.45, 2.75) is 33.2 Å². The Morgan fingerprint density at radius 3 is 2.61 bits per heavy atom. The molecule has 1 N–H and O–H groups in total. The lowest BCUT2D eigenvalue weighted by molar-refractivity contribution is 0.504. The van der Waals surface area contributed by atoms with Gasteiger partial charge < -0.3 is 9.73 Å². The topological polar surface area (TPSA) is 25.2 Å². The van der Waals surface area contributed by atoms with Gasteiger partial charge in [-0.2, -0.15) is 0 Å². The third kappa shape index (κ3) is 2.34. The molecule has 18 heavy (non-hydrogen) atoms. The largest absolute Gasteiger partial charge is 0.469 e. The number of benzene rings is 1. The molecule has 2 rings (SSSR count). The van der Waals surface area contributed by atoms with E-state index in [1.807, 2.05) is 7.05 Å². The highest BCUT2D eigenvalue weighted by Crippen LogP contribution is 2.28. The summed E-state index contributed by atoms with van der Waals surface area (Å²) in [6, 6.07) is 8.87. The Morgan fingerprint density at radius 1 is 1.17 bits per heavy atom. The fourth-order valence-electron chi connectivity index (χ4n) is 2.44. The first kappa shape index (κ1) is 12.9. The number of hydrogen-bond acceptors (Lipinski definition) is 2. The Morgan fingerprint density at radius 2 is 1.94 bits per heavy atom. The second-order valence-corrected chi connectivity index (χ2v) is 4.73. The zero-order valence-corrected chi connectivity index (χ0v) is 11.6. The second-order valence-electron chi connectivity index (χ2n) is 4.73. The molecule has 0 aliphatic carbocycles. The molecule has 0 radical (unpaired) electrons. The van der Waals surface area contributed by atoms with E-state index < -0.39 is 0 Å². The molecule has 0 saturated heterocycles. The van der Waals surface area contributed by atoms with Crippen molar-refractivity contribution in [1.29, 1.82) is 0 Å². The van der Waals surface area contributed by atoms with Crippen LogP contribution in [0.2, 0.25) is 0 Å². The van der Waals surface area contributed by atoms with Gasteiger partial charge in [-0.15, -0.1) is 0 Å². The van der Waals surface area contributed by atoms with Crippen molar-refractivity contribution in [3.05, 3.63) is 58.5 Å². The summed E-state index contributed by atoms with van der Waals surface area (Å²) in [5.41, 5.74) is 5.17. The molecular weight excluding hydrogens is 222 g/mol. The summed E-state index contributed by atoms with van der Waals surface area (Å²) in [4.78, 5) is 0. The lowest BCUT2D eigenvalue weighted by Gasteiger charge is -2.19. The zero-order chi connectivity index (χ0) is 13.1. The van der Waals surface area contributed by atoms with Crippen molar-refractivity contribution >= 4 is 0 Å². The molecule has 1 heterocycles. The Labute approximate surface area is 109 Å². The zero-order valence-electron chi connectivity index (χ0n) is 11.6. The van der Waals surface area contributed by atoms with Crippen LogP contribution >= 0.6 is 0 Å². The Balaban J connectivity index is 2.48. The highest BCUT2D eigenvalue weighted by atomic mass is 16.3. The van der Waals surface area contributed by atoms with Crippen LogP contribution in [0.1, 0.15) is 41.0 Å². The molecular formula is C16H21NO. The number of aryl methyl sites for hydroxylation is 3. The molecule has 0 saturated carbocycles. The summed E-state index contributed by atoms with van der Waals surface area (Å²) in [6.07, 6.45) is 2.70. The lowest BCUT2D eigenvalue weighted by atomic mass is 9.93. The number of furan rings is 1.